The average molecular weight is 256 g/mol. The second-order valence-electron chi connectivity index (χ2n) is 5.13. The Bertz CT molecular complexity index is 541. The molecule has 100 valence electrons. The number of hydrogen-bond donors (Lipinski definition) is 1. The number of anilines is 1. The van der Waals surface area contributed by atoms with Crippen molar-refractivity contribution in [2.45, 2.75) is 19.4 Å². The summed E-state index contributed by atoms with van der Waals surface area (Å²) in [7, 11) is 0. The molecule has 4 nitrogen and oxygen atoms in total. The summed E-state index contributed by atoms with van der Waals surface area (Å²) in [5.41, 5.74) is 8.96. The van der Waals surface area contributed by atoms with Crippen LogP contribution in [-0.4, -0.2) is 34.3 Å². The molecule has 0 bridgehead atoms. The van der Waals surface area contributed by atoms with Crippen LogP contribution < -0.4 is 5.73 Å². The number of benzene rings is 1. The van der Waals surface area contributed by atoms with Crippen LogP contribution in [0.25, 0.3) is 11.1 Å². The Balaban J connectivity index is 1.67. The second-order valence-corrected chi connectivity index (χ2v) is 5.13. The number of hydrogen-bond acceptors (Lipinski definition) is 3. The topological polar surface area (TPSA) is 47.1 Å². The van der Waals surface area contributed by atoms with E-state index < -0.39 is 0 Å². The number of nitrogen functional groups attached to an aromatic ring is 1. The first-order valence-electron chi connectivity index (χ1n) is 6.92. The molecule has 1 aliphatic rings. The van der Waals surface area contributed by atoms with Crippen LogP contribution in [0.15, 0.2) is 36.7 Å². The van der Waals surface area contributed by atoms with Crippen molar-refractivity contribution in [3.8, 4) is 11.1 Å². The van der Waals surface area contributed by atoms with Crippen LogP contribution >= 0.6 is 0 Å². The van der Waals surface area contributed by atoms with Crippen LogP contribution in [0.4, 0.5) is 5.69 Å². The Morgan fingerprint density at radius 1 is 1.11 bits per heavy atom. The van der Waals surface area contributed by atoms with Crippen molar-refractivity contribution >= 4 is 5.69 Å². The normalized spacial score (nSPS) is 16.0. The molecular formula is C15H20N4. The minimum Gasteiger partial charge on any atom is -0.398 e. The zero-order valence-corrected chi connectivity index (χ0v) is 11.1. The van der Waals surface area contributed by atoms with E-state index in [2.05, 4.69) is 16.2 Å². The fraction of sp³-hybridized carbons (Fsp3) is 0.400. The molecule has 1 fully saturated rings. The van der Waals surface area contributed by atoms with Gasteiger partial charge in [-0.15, -0.1) is 0 Å². The molecule has 0 amide bonds. The molecule has 1 aliphatic heterocycles. The Morgan fingerprint density at radius 2 is 1.89 bits per heavy atom. The van der Waals surface area contributed by atoms with Crippen LogP contribution in [0, 0.1) is 0 Å². The van der Waals surface area contributed by atoms with Crippen LogP contribution in [0.3, 0.4) is 0 Å². The van der Waals surface area contributed by atoms with Crippen molar-refractivity contribution in [1.82, 2.24) is 14.7 Å². The first-order chi connectivity index (χ1) is 9.33. The number of nitrogens with zero attached hydrogens (tertiary/aromatic N) is 3. The molecule has 3 rings (SSSR count). The maximum absolute atomic E-state index is 5.99. The van der Waals surface area contributed by atoms with E-state index >= 15 is 0 Å². The summed E-state index contributed by atoms with van der Waals surface area (Å²) in [6.45, 7) is 4.51. The van der Waals surface area contributed by atoms with Gasteiger partial charge in [0.15, 0.2) is 0 Å². The Kier molecular flexibility index (Phi) is 3.51. The van der Waals surface area contributed by atoms with E-state index in [-0.39, 0.29) is 0 Å². The third kappa shape index (κ3) is 2.79. The van der Waals surface area contributed by atoms with Crippen molar-refractivity contribution in [3.63, 3.8) is 0 Å². The lowest BCUT2D eigenvalue weighted by Crippen LogP contribution is -2.24. The average Bonchev–Trinajstić information content (AvgIpc) is 3.08. The molecule has 1 aromatic heterocycles. The molecule has 19 heavy (non-hydrogen) atoms. The van der Waals surface area contributed by atoms with Gasteiger partial charge in [0.2, 0.25) is 0 Å². The highest BCUT2D eigenvalue weighted by Gasteiger charge is 2.11. The van der Waals surface area contributed by atoms with Gasteiger partial charge < -0.3 is 10.6 Å². The minimum absolute atomic E-state index is 0.807. The third-order valence-corrected chi connectivity index (χ3v) is 3.75. The van der Waals surface area contributed by atoms with E-state index in [9.17, 15) is 0 Å². The highest BCUT2D eigenvalue weighted by Crippen LogP contribution is 2.24. The van der Waals surface area contributed by atoms with Crippen molar-refractivity contribution in [3.05, 3.63) is 36.7 Å². The largest absolute Gasteiger partial charge is 0.398 e. The van der Waals surface area contributed by atoms with E-state index in [0.717, 1.165) is 29.9 Å². The molecule has 0 aliphatic carbocycles. The molecule has 2 N–H and O–H groups in total. The fourth-order valence-electron chi connectivity index (χ4n) is 2.63. The second kappa shape index (κ2) is 5.45. The zero-order valence-electron chi connectivity index (χ0n) is 11.1. The van der Waals surface area contributed by atoms with E-state index in [1.54, 1.807) is 0 Å². The monoisotopic (exact) mass is 256 g/mol. The highest BCUT2D eigenvalue weighted by atomic mass is 15.3. The lowest BCUT2D eigenvalue weighted by Gasteiger charge is -2.13. The van der Waals surface area contributed by atoms with Gasteiger partial charge in [0.05, 0.1) is 12.7 Å². The molecule has 2 aromatic rings. The maximum atomic E-state index is 5.99. The Hall–Kier alpha value is -1.81. The summed E-state index contributed by atoms with van der Waals surface area (Å²) in [5, 5.41) is 4.43. The van der Waals surface area contributed by atoms with Gasteiger partial charge in [0, 0.05) is 29.6 Å². The van der Waals surface area contributed by atoms with Crippen molar-refractivity contribution in [2.24, 2.45) is 0 Å². The zero-order chi connectivity index (χ0) is 13.1. The minimum atomic E-state index is 0.807. The van der Waals surface area contributed by atoms with Gasteiger partial charge >= 0.3 is 0 Å². The first-order valence-corrected chi connectivity index (χ1v) is 6.92. The van der Waals surface area contributed by atoms with Crippen LogP contribution in [0.2, 0.25) is 0 Å². The van der Waals surface area contributed by atoms with Crippen LogP contribution in [0.1, 0.15) is 12.8 Å². The van der Waals surface area contributed by atoms with Gasteiger partial charge in [-0.05, 0) is 32.0 Å². The molecule has 4 heteroatoms. The van der Waals surface area contributed by atoms with Gasteiger partial charge in [-0.2, -0.15) is 5.10 Å². The van der Waals surface area contributed by atoms with Crippen LogP contribution in [-0.2, 0) is 6.54 Å². The van der Waals surface area contributed by atoms with Gasteiger partial charge in [-0.3, -0.25) is 4.68 Å². The first kappa shape index (κ1) is 12.2. The predicted octanol–water partition coefficient (Wildman–Crippen LogP) is 2.23. The summed E-state index contributed by atoms with van der Waals surface area (Å²) in [6.07, 6.45) is 6.66. The van der Waals surface area contributed by atoms with E-state index in [1.807, 2.05) is 35.1 Å². The van der Waals surface area contributed by atoms with Crippen LogP contribution in [0.5, 0.6) is 0 Å². The molecule has 0 unspecified atom stereocenters. The molecule has 0 radical (unpaired) electrons. The molecular weight excluding hydrogens is 236 g/mol. The van der Waals surface area contributed by atoms with E-state index in [1.165, 1.54) is 25.9 Å². The summed E-state index contributed by atoms with van der Waals surface area (Å²) in [5.74, 6) is 0. The van der Waals surface area contributed by atoms with E-state index in [4.69, 9.17) is 5.73 Å². The number of para-hydroxylation sites is 1. The molecule has 0 saturated carbocycles. The molecule has 0 atom stereocenters. The summed E-state index contributed by atoms with van der Waals surface area (Å²) in [6, 6.07) is 7.93. The number of nitrogens with two attached hydrogens (primary N) is 1. The molecule has 2 heterocycles. The number of rotatable bonds is 4. The SMILES string of the molecule is Nc1ccccc1-c1cnn(CCN2CCCC2)c1. The standard InChI is InChI=1S/C15H20N4/c16-15-6-2-1-5-14(15)13-11-17-19(12-13)10-9-18-7-3-4-8-18/h1-2,5-6,11-12H,3-4,7-10,16H2. The van der Waals surface area contributed by atoms with Crippen molar-refractivity contribution in [1.29, 1.82) is 0 Å². The molecule has 0 spiro atoms. The van der Waals surface area contributed by atoms with Gasteiger partial charge in [-0.25, -0.2) is 0 Å². The van der Waals surface area contributed by atoms with E-state index in [0.29, 0.717) is 0 Å². The maximum Gasteiger partial charge on any atom is 0.0569 e. The lowest BCUT2D eigenvalue weighted by atomic mass is 10.1. The summed E-state index contributed by atoms with van der Waals surface area (Å²) in [4.78, 5) is 2.50. The third-order valence-electron chi connectivity index (χ3n) is 3.75. The smallest absolute Gasteiger partial charge is 0.0569 e. The summed E-state index contributed by atoms with van der Waals surface area (Å²) < 4.78 is 2.01. The van der Waals surface area contributed by atoms with Gasteiger partial charge in [0.25, 0.3) is 0 Å². The van der Waals surface area contributed by atoms with Crippen molar-refractivity contribution in [2.75, 3.05) is 25.4 Å². The summed E-state index contributed by atoms with van der Waals surface area (Å²) >= 11 is 0. The number of likely N-dealkylation sites (tertiary alicyclic amines) is 1. The molecule has 1 aromatic carbocycles. The number of aromatic nitrogens is 2. The quantitative estimate of drug-likeness (QED) is 0.853. The lowest BCUT2D eigenvalue weighted by molar-refractivity contribution is 0.316. The van der Waals surface area contributed by atoms with Gasteiger partial charge in [0.1, 0.15) is 0 Å². The fourth-order valence-corrected chi connectivity index (χ4v) is 2.63. The Morgan fingerprint density at radius 3 is 2.68 bits per heavy atom. The predicted molar refractivity (Wildman–Crippen MR) is 77.7 cm³/mol. The highest BCUT2D eigenvalue weighted by molar-refractivity contribution is 5.75. The van der Waals surface area contributed by atoms with Gasteiger partial charge in [-0.1, -0.05) is 18.2 Å². The Labute approximate surface area is 113 Å². The van der Waals surface area contributed by atoms with Crippen molar-refractivity contribution < 1.29 is 0 Å². The molecule has 1 saturated heterocycles.